The zero-order chi connectivity index (χ0) is 14.9. The number of anilines is 2. The molecule has 1 aromatic carbocycles. The van der Waals surface area contributed by atoms with Crippen molar-refractivity contribution in [2.75, 3.05) is 18.2 Å². The van der Waals surface area contributed by atoms with Gasteiger partial charge in [-0.05, 0) is 25.0 Å². The predicted octanol–water partition coefficient (Wildman–Crippen LogP) is 4.08. The Morgan fingerprint density at radius 2 is 2.29 bits per heavy atom. The van der Waals surface area contributed by atoms with Crippen LogP contribution in [0.2, 0.25) is 0 Å². The Morgan fingerprint density at radius 1 is 1.38 bits per heavy atom. The molecule has 2 rings (SSSR count). The van der Waals surface area contributed by atoms with E-state index in [0.29, 0.717) is 6.42 Å². The predicted molar refractivity (Wildman–Crippen MR) is 86.4 cm³/mol. The summed E-state index contributed by atoms with van der Waals surface area (Å²) < 4.78 is 6.13. The maximum Gasteiger partial charge on any atom is 0.210 e. The molecule has 7 heteroatoms. The van der Waals surface area contributed by atoms with Gasteiger partial charge in [0.1, 0.15) is 5.75 Å². The standard InChI is InChI=1S/C14H16N4OS2/c1-19-12-7-5-6-11(10-12)16-13-17-18-14(21-13)20-9-4-2-3-8-15/h5-7,10H,2-4,9H2,1H3,(H,16,17). The van der Waals surface area contributed by atoms with Crippen LogP contribution >= 0.6 is 23.1 Å². The van der Waals surface area contributed by atoms with Crippen molar-refractivity contribution < 1.29 is 4.74 Å². The van der Waals surface area contributed by atoms with Gasteiger partial charge in [0, 0.05) is 23.9 Å². The average Bonchev–Trinajstić information content (AvgIpc) is 2.95. The van der Waals surface area contributed by atoms with E-state index < -0.39 is 0 Å². The van der Waals surface area contributed by atoms with Gasteiger partial charge < -0.3 is 10.1 Å². The maximum atomic E-state index is 8.47. The van der Waals surface area contributed by atoms with Gasteiger partial charge in [-0.3, -0.25) is 0 Å². The maximum absolute atomic E-state index is 8.47. The Hall–Kier alpha value is -1.78. The molecular formula is C14H16N4OS2. The number of unbranched alkanes of at least 4 members (excludes halogenated alkanes) is 2. The summed E-state index contributed by atoms with van der Waals surface area (Å²) in [7, 11) is 1.64. The molecule has 0 unspecified atom stereocenters. The first-order chi connectivity index (χ1) is 10.3. The Morgan fingerprint density at radius 3 is 3.10 bits per heavy atom. The summed E-state index contributed by atoms with van der Waals surface area (Å²) in [6.07, 6.45) is 2.59. The van der Waals surface area contributed by atoms with Gasteiger partial charge in [-0.2, -0.15) is 5.26 Å². The van der Waals surface area contributed by atoms with Gasteiger partial charge >= 0.3 is 0 Å². The molecule has 110 valence electrons. The van der Waals surface area contributed by atoms with Gasteiger partial charge in [0.2, 0.25) is 5.13 Å². The van der Waals surface area contributed by atoms with Crippen LogP contribution in [0.1, 0.15) is 19.3 Å². The highest BCUT2D eigenvalue weighted by atomic mass is 32.2. The third-order valence-electron chi connectivity index (χ3n) is 2.64. The number of hydrogen-bond donors (Lipinski definition) is 1. The second-order valence-corrected chi connectivity index (χ2v) is 6.51. The molecule has 21 heavy (non-hydrogen) atoms. The van der Waals surface area contributed by atoms with Crippen LogP contribution < -0.4 is 10.1 Å². The van der Waals surface area contributed by atoms with Crippen molar-refractivity contribution in [2.24, 2.45) is 0 Å². The van der Waals surface area contributed by atoms with E-state index in [9.17, 15) is 0 Å². The highest BCUT2D eigenvalue weighted by Gasteiger charge is 2.05. The van der Waals surface area contributed by atoms with Crippen LogP contribution in [-0.2, 0) is 0 Å². The summed E-state index contributed by atoms with van der Waals surface area (Å²) in [5.74, 6) is 1.77. The number of benzene rings is 1. The quantitative estimate of drug-likeness (QED) is 0.584. The van der Waals surface area contributed by atoms with Crippen LogP contribution in [0.15, 0.2) is 28.6 Å². The van der Waals surface area contributed by atoms with Crippen molar-refractivity contribution in [1.29, 1.82) is 5.26 Å². The zero-order valence-corrected chi connectivity index (χ0v) is 13.3. The fourth-order valence-electron chi connectivity index (χ4n) is 1.61. The van der Waals surface area contributed by atoms with E-state index in [-0.39, 0.29) is 0 Å². The number of hydrogen-bond acceptors (Lipinski definition) is 7. The van der Waals surface area contributed by atoms with E-state index in [0.717, 1.165) is 39.5 Å². The Balaban J connectivity index is 1.83. The lowest BCUT2D eigenvalue weighted by Gasteiger charge is -2.04. The number of nitrogens with zero attached hydrogens (tertiary/aromatic N) is 3. The molecule has 0 amide bonds. The first kappa shape index (κ1) is 15.6. The molecule has 0 saturated carbocycles. The van der Waals surface area contributed by atoms with Crippen LogP contribution in [0, 0.1) is 11.3 Å². The fraction of sp³-hybridized carbons (Fsp3) is 0.357. The van der Waals surface area contributed by atoms with Gasteiger partial charge in [0.15, 0.2) is 4.34 Å². The Labute approximate surface area is 132 Å². The van der Waals surface area contributed by atoms with E-state index in [1.165, 1.54) is 11.3 Å². The number of nitrogens with one attached hydrogen (secondary N) is 1. The molecule has 0 spiro atoms. The third kappa shape index (κ3) is 5.25. The summed E-state index contributed by atoms with van der Waals surface area (Å²) in [5.41, 5.74) is 0.927. The van der Waals surface area contributed by atoms with Crippen molar-refractivity contribution in [1.82, 2.24) is 10.2 Å². The number of ether oxygens (including phenoxy) is 1. The first-order valence-corrected chi connectivity index (χ1v) is 8.36. The molecule has 2 aromatic rings. The van der Waals surface area contributed by atoms with Crippen molar-refractivity contribution in [3.63, 3.8) is 0 Å². The molecular weight excluding hydrogens is 304 g/mol. The summed E-state index contributed by atoms with van der Waals surface area (Å²) in [6.45, 7) is 0. The molecule has 1 aromatic heterocycles. The Kier molecular flexibility index (Phi) is 6.31. The number of aromatic nitrogens is 2. The molecule has 0 saturated heterocycles. The lowest BCUT2D eigenvalue weighted by atomic mass is 10.3. The molecule has 0 atom stereocenters. The Bertz CT molecular complexity index is 609. The number of rotatable bonds is 8. The molecule has 0 aliphatic carbocycles. The second-order valence-electron chi connectivity index (χ2n) is 4.19. The summed E-state index contributed by atoms with van der Waals surface area (Å²) in [6, 6.07) is 9.84. The van der Waals surface area contributed by atoms with E-state index in [1.54, 1.807) is 18.9 Å². The first-order valence-electron chi connectivity index (χ1n) is 6.56. The number of methoxy groups -OCH3 is 1. The summed E-state index contributed by atoms with van der Waals surface area (Å²) in [4.78, 5) is 0. The van der Waals surface area contributed by atoms with E-state index in [2.05, 4.69) is 21.6 Å². The molecule has 1 N–H and O–H groups in total. The zero-order valence-electron chi connectivity index (χ0n) is 11.7. The van der Waals surface area contributed by atoms with Crippen LogP contribution in [0.5, 0.6) is 5.75 Å². The smallest absolute Gasteiger partial charge is 0.210 e. The van der Waals surface area contributed by atoms with Crippen LogP contribution in [-0.4, -0.2) is 23.1 Å². The molecule has 5 nitrogen and oxygen atoms in total. The lowest BCUT2D eigenvalue weighted by molar-refractivity contribution is 0.415. The highest BCUT2D eigenvalue weighted by molar-refractivity contribution is 8.01. The SMILES string of the molecule is COc1cccc(Nc2nnc(SCCCCC#N)s2)c1. The molecule has 0 fully saturated rings. The van der Waals surface area contributed by atoms with E-state index >= 15 is 0 Å². The van der Waals surface area contributed by atoms with Gasteiger partial charge in [-0.25, -0.2) is 0 Å². The van der Waals surface area contributed by atoms with E-state index in [1.807, 2.05) is 24.3 Å². The fourth-order valence-corrected chi connectivity index (χ4v) is 3.45. The minimum atomic E-state index is 0.624. The van der Waals surface area contributed by atoms with Crippen LogP contribution in [0.25, 0.3) is 0 Å². The van der Waals surface area contributed by atoms with Crippen LogP contribution in [0.3, 0.4) is 0 Å². The average molecular weight is 320 g/mol. The third-order valence-corrected chi connectivity index (χ3v) is 4.69. The molecule has 0 bridgehead atoms. The van der Waals surface area contributed by atoms with Crippen LogP contribution in [0.4, 0.5) is 10.8 Å². The van der Waals surface area contributed by atoms with Gasteiger partial charge in [0.05, 0.1) is 13.2 Å². The summed E-state index contributed by atoms with van der Waals surface area (Å²) in [5, 5.41) is 20.7. The molecule has 1 heterocycles. The largest absolute Gasteiger partial charge is 0.497 e. The number of thioether (sulfide) groups is 1. The lowest BCUT2D eigenvalue weighted by Crippen LogP contribution is -1.90. The van der Waals surface area contributed by atoms with Crippen molar-refractivity contribution in [3.05, 3.63) is 24.3 Å². The summed E-state index contributed by atoms with van der Waals surface area (Å²) >= 11 is 3.21. The molecule has 0 aliphatic heterocycles. The minimum absolute atomic E-state index is 0.624. The van der Waals surface area contributed by atoms with E-state index in [4.69, 9.17) is 10.00 Å². The number of nitriles is 1. The molecule has 0 aliphatic rings. The monoisotopic (exact) mass is 320 g/mol. The van der Waals surface area contributed by atoms with Crippen molar-refractivity contribution in [3.8, 4) is 11.8 Å². The van der Waals surface area contributed by atoms with Gasteiger partial charge in [-0.1, -0.05) is 29.2 Å². The van der Waals surface area contributed by atoms with Crippen molar-refractivity contribution in [2.45, 2.75) is 23.6 Å². The van der Waals surface area contributed by atoms with Crippen molar-refractivity contribution >= 4 is 33.9 Å². The second kappa shape index (κ2) is 8.49. The topological polar surface area (TPSA) is 70.8 Å². The van der Waals surface area contributed by atoms with Gasteiger partial charge in [-0.15, -0.1) is 10.2 Å². The van der Waals surface area contributed by atoms with Gasteiger partial charge in [0.25, 0.3) is 0 Å². The highest BCUT2D eigenvalue weighted by Crippen LogP contribution is 2.29. The molecule has 0 radical (unpaired) electrons. The minimum Gasteiger partial charge on any atom is -0.497 e. The normalized spacial score (nSPS) is 10.1.